The van der Waals surface area contributed by atoms with Gasteiger partial charge in [-0.25, -0.2) is 8.42 Å². The number of hydrogen-bond acceptors (Lipinski definition) is 4. The first-order valence-corrected chi connectivity index (χ1v) is 8.38. The van der Waals surface area contributed by atoms with Crippen LogP contribution in [0, 0.1) is 0 Å². The predicted molar refractivity (Wildman–Crippen MR) is 73.1 cm³/mol. The summed E-state index contributed by atoms with van der Waals surface area (Å²) in [6, 6.07) is 0.00349. The number of unbranched alkanes of at least 4 members (excludes halogenated alkanes) is 1. The molecule has 1 heterocycles. The normalized spacial score (nSPS) is 24.9. The lowest BCUT2D eigenvalue weighted by Gasteiger charge is -2.26. The van der Waals surface area contributed by atoms with Crippen molar-refractivity contribution in [2.45, 2.75) is 45.3 Å². The maximum absolute atomic E-state index is 12.1. The highest BCUT2D eigenvalue weighted by atomic mass is 32.2. The summed E-state index contributed by atoms with van der Waals surface area (Å²) in [4.78, 5) is 0. The molecule has 1 aliphatic rings. The van der Waals surface area contributed by atoms with E-state index >= 15 is 0 Å². The zero-order valence-corrected chi connectivity index (χ0v) is 12.5. The number of hydrogen-bond donors (Lipinski definition) is 1. The third kappa shape index (κ3) is 4.50. The molecule has 18 heavy (non-hydrogen) atoms. The minimum atomic E-state index is -3.14. The number of sulfonamides is 1. The van der Waals surface area contributed by atoms with Gasteiger partial charge in [0.15, 0.2) is 0 Å². The van der Waals surface area contributed by atoms with Gasteiger partial charge in [-0.05, 0) is 39.3 Å². The van der Waals surface area contributed by atoms with Crippen molar-refractivity contribution < 1.29 is 13.2 Å². The van der Waals surface area contributed by atoms with E-state index in [4.69, 9.17) is 4.74 Å². The largest absolute Gasteiger partial charge is 0.377 e. The van der Waals surface area contributed by atoms with Gasteiger partial charge in [0.2, 0.25) is 10.0 Å². The van der Waals surface area contributed by atoms with Crippen LogP contribution in [0.2, 0.25) is 0 Å². The summed E-state index contributed by atoms with van der Waals surface area (Å²) in [7, 11) is -1.46. The van der Waals surface area contributed by atoms with Crippen LogP contribution < -0.4 is 5.32 Å². The summed E-state index contributed by atoms with van der Waals surface area (Å²) in [5.74, 6) is 0.234. The van der Waals surface area contributed by atoms with Crippen molar-refractivity contribution in [2.75, 3.05) is 32.5 Å². The van der Waals surface area contributed by atoms with Gasteiger partial charge >= 0.3 is 0 Å². The van der Waals surface area contributed by atoms with Crippen molar-refractivity contribution in [2.24, 2.45) is 0 Å². The van der Waals surface area contributed by atoms with Crippen molar-refractivity contribution in [1.82, 2.24) is 9.62 Å². The van der Waals surface area contributed by atoms with Gasteiger partial charge in [0.25, 0.3) is 0 Å². The van der Waals surface area contributed by atoms with Crippen LogP contribution in [-0.4, -0.2) is 57.4 Å². The van der Waals surface area contributed by atoms with Gasteiger partial charge in [0.1, 0.15) is 0 Å². The van der Waals surface area contributed by atoms with E-state index in [0.717, 1.165) is 25.9 Å². The molecule has 0 amide bonds. The third-order valence-electron chi connectivity index (χ3n) is 3.50. The molecule has 1 N–H and O–H groups in total. The van der Waals surface area contributed by atoms with Crippen LogP contribution in [0.4, 0.5) is 0 Å². The molecule has 0 bridgehead atoms. The summed E-state index contributed by atoms with van der Waals surface area (Å²) in [6.07, 6.45) is 2.42. The first kappa shape index (κ1) is 15.9. The molecule has 1 saturated heterocycles. The lowest BCUT2D eigenvalue weighted by atomic mass is 10.2. The SMILES string of the molecule is CCNCCCCS(=O)(=O)N(C)C1CCOC1C. The fraction of sp³-hybridized carbons (Fsp3) is 1.00. The second-order valence-electron chi connectivity index (χ2n) is 4.82. The second-order valence-corrected chi connectivity index (χ2v) is 6.97. The summed E-state index contributed by atoms with van der Waals surface area (Å²) >= 11 is 0. The minimum Gasteiger partial charge on any atom is -0.377 e. The highest BCUT2D eigenvalue weighted by molar-refractivity contribution is 7.89. The minimum absolute atomic E-state index is 0.00349. The van der Waals surface area contributed by atoms with Crippen molar-refractivity contribution in [1.29, 1.82) is 0 Å². The Balaban J connectivity index is 2.37. The summed E-state index contributed by atoms with van der Waals surface area (Å²) in [5, 5.41) is 3.20. The molecular formula is C12H26N2O3S. The van der Waals surface area contributed by atoms with E-state index in [-0.39, 0.29) is 17.9 Å². The van der Waals surface area contributed by atoms with Crippen LogP contribution in [0.25, 0.3) is 0 Å². The topological polar surface area (TPSA) is 58.6 Å². The number of nitrogens with zero attached hydrogens (tertiary/aromatic N) is 1. The van der Waals surface area contributed by atoms with Gasteiger partial charge in [0.05, 0.1) is 17.9 Å². The number of likely N-dealkylation sites (N-methyl/N-ethyl adjacent to an activating group) is 1. The van der Waals surface area contributed by atoms with E-state index in [1.54, 1.807) is 7.05 Å². The van der Waals surface area contributed by atoms with E-state index in [1.165, 1.54) is 4.31 Å². The quantitative estimate of drug-likeness (QED) is 0.668. The molecule has 1 fully saturated rings. The fourth-order valence-corrected chi connectivity index (χ4v) is 3.81. The molecule has 0 aromatic rings. The Morgan fingerprint density at radius 2 is 2.11 bits per heavy atom. The van der Waals surface area contributed by atoms with Gasteiger partial charge in [-0.1, -0.05) is 6.92 Å². The average Bonchev–Trinajstić information content (AvgIpc) is 2.74. The molecule has 0 spiro atoms. The molecule has 0 saturated carbocycles. The lowest BCUT2D eigenvalue weighted by molar-refractivity contribution is 0.102. The smallest absolute Gasteiger partial charge is 0.214 e. The van der Waals surface area contributed by atoms with E-state index < -0.39 is 10.0 Å². The molecule has 0 aromatic carbocycles. The van der Waals surface area contributed by atoms with Gasteiger partial charge in [-0.15, -0.1) is 0 Å². The number of nitrogens with one attached hydrogen (secondary N) is 1. The fourth-order valence-electron chi connectivity index (χ4n) is 2.26. The lowest BCUT2D eigenvalue weighted by Crippen LogP contribution is -2.42. The predicted octanol–water partition coefficient (Wildman–Crippen LogP) is 0.815. The monoisotopic (exact) mass is 278 g/mol. The van der Waals surface area contributed by atoms with E-state index in [0.29, 0.717) is 13.0 Å². The van der Waals surface area contributed by atoms with Crippen molar-refractivity contribution in [3.63, 3.8) is 0 Å². The Hall–Kier alpha value is -0.170. The molecule has 1 aliphatic heterocycles. The Bertz CT molecular complexity index is 332. The van der Waals surface area contributed by atoms with Crippen LogP contribution in [0.5, 0.6) is 0 Å². The maximum atomic E-state index is 12.1. The first-order chi connectivity index (χ1) is 8.49. The van der Waals surface area contributed by atoms with Crippen molar-refractivity contribution >= 4 is 10.0 Å². The van der Waals surface area contributed by atoms with Crippen molar-refractivity contribution in [3.05, 3.63) is 0 Å². The van der Waals surface area contributed by atoms with E-state index in [1.807, 2.05) is 13.8 Å². The standard InChI is InChI=1S/C12H26N2O3S/c1-4-13-8-5-6-10-18(15,16)14(3)12-7-9-17-11(12)2/h11-13H,4-10H2,1-3H3. The van der Waals surface area contributed by atoms with E-state index in [2.05, 4.69) is 5.32 Å². The van der Waals surface area contributed by atoms with Crippen molar-refractivity contribution in [3.8, 4) is 0 Å². The van der Waals surface area contributed by atoms with Crippen LogP contribution in [0.1, 0.15) is 33.1 Å². The Morgan fingerprint density at radius 1 is 1.39 bits per heavy atom. The molecule has 1 rings (SSSR count). The van der Waals surface area contributed by atoms with Crippen LogP contribution in [-0.2, 0) is 14.8 Å². The third-order valence-corrected chi connectivity index (χ3v) is 5.45. The number of rotatable bonds is 8. The molecule has 0 aliphatic carbocycles. The second kappa shape index (κ2) is 7.43. The molecule has 0 aromatic heterocycles. The van der Waals surface area contributed by atoms with Gasteiger partial charge in [-0.3, -0.25) is 0 Å². The van der Waals surface area contributed by atoms with Crippen LogP contribution >= 0.6 is 0 Å². The molecule has 5 nitrogen and oxygen atoms in total. The highest BCUT2D eigenvalue weighted by Gasteiger charge is 2.33. The zero-order chi connectivity index (χ0) is 13.6. The Labute approximate surface area is 111 Å². The molecule has 6 heteroatoms. The number of ether oxygens (including phenoxy) is 1. The van der Waals surface area contributed by atoms with Gasteiger partial charge in [0, 0.05) is 13.7 Å². The zero-order valence-electron chi connectivity index (χ0n) is 11.7. The van der Waals surface area contributed by atoms with Gasteiger partial charge < -0.3 is 10.1 Å². The summed E-state index contributed by atoms with van der Waals surface area (Å²) < 4.78 is 31.2. The van der Waals surface area contributed by atoms with Gasteiger partial charge in [-0.2, -0.15) is 4.31 Å². The molecular weight excluding hydrogens is 252 g/mol. The maximum Gasteiger partial charge on any atom is 0.214 e. The Morgan fingerprint density at radius 3 is 2.67 bits per heavy atom. The molecule has 0 radical (unpaired) electrons. The highest BCUT2D eigenvalue weighted by Crippen LogP contribution is 2.21. The first-order valence-electron chi connectivity index (χ1n) is 6.77. The van der Waals surface area contributed by atoms with E-state index in [9.17, 15) is 8.42 Å². The summed E-state index contributed by atoms with van der Waals surface area (Å²) in [6.45, 7) is 6.47. The average molecular weight is 278 g/mol. The van der Waals surface area contributed by atoms with Crippen LogP contribution in [0.3, 0.4) is 0 Å². The molecule has 2 unspecified atom stereocenters. The Kier molecular flexibility index (Phi) is 6.55. The molecule has 108 valence electrons. The van der Waals surface area contributed by atoms with Crippen LogP contribution in [0.15, 0.2) is 0 Å². The molecule has 2 atom stereocenters. The summed E-state index contributed by atoms with van der Waals surface area (Å²) in [5.41, 5.74) is 0.